The maximum atomic E-state index is 12.2. The zero-order valence-corrected chi connectivity index (χ0v) is 9.76. The summed E-state index contributed by atoms with van der Waals surface area (Å²) in [5.41, 5.74) is 6.13. The molecule has 2 unspecified atom stereocenters. The number of aryl methyl sites for hydroxylation is 1. The zero-order chi connectivity index (χ0) is 11.1. The normalized spacial score (nSPS) is 30.7. The largest absolute Gasteiger partial charge is 0.379 e. The summed E-state index contributed by atoms with van der Waals surface area (Å²) in [7, 11) is 0. The van der Waals surface area contributed by atoms with Crippen molar-refractivity contribution in [2.75, 3.05) is 13.2 Å². The minimum absolute atomic E-state index is 0.108. The van der Waals surface area contributed by atoms with Crippen LogP contribution in [0, 0.1) is 12.3 Å². The number of ether oxygens (including phenoxy) is 1. The van der Waals surface area contributed by atoms with E-state index in [2.05, 4.69) is 0 Å². The molecule has 1 aromatic heterocycles. The number of hydrogen-bond donors (Lipinski definition) is 1. The monoisotopic (exact) mass is 225 g/mol. The van der Waals surface area contributed by atoms with E-state index in [9.17, 15) is 4.79 Å². The average Bonchev–Trinajstić information content (AvgIpc) is 2.75. The molecule has 1 aliphatic rings. The third-order valence-electron chi connectivity index (χ3n) is 3.03. The lowest BCUT2D eigenvalue weighted by Crippen LogP contribution is -2.44. The lowest BCUT2D eigenvalue weighted by atomic mass is 9.79. The number of carbonyl (C=O) groups is 1. The summed E-state index contributed by atoms with van der Waals surface area (Å²) < 4.78 is 5.28. The van der Waals surface area contributed by atoms with Crippen molar-refractivity contribution in [1.29, 1.82) is 0 Å². The second-order valence-corrected chi connectivity index (χ2v) is 5.43. The summed E-state index contributed by atoms with van der Waals surface area (Å²) in [6, 6.07) is 1.73. The highest BCUT2D eigenvalue weighted by Crippen LogP contribution is 2.32. The number of carbonyl (C=O) groups excluding carboxylic acids is 1. The fourth-order valence-electron chi connectivity index (χ4n) is 1.82. The van der Waals surface area contributed by atoms with Gasteiger partial charge in [-0.05, 0) is 19.9 Å². The average molecular weight is 225 g/mol. The zero-order valence-electron chi connectivity index (χ0n) is 8.95. The Morgan fingerprint density at radius 1 is 1.73 bits per heavy atom. The lowest BCUT2D eigenvalue weighted by Gasteiger charge is -2.24. The second-order valence-electron chi connectivity index (χ2n) is 4.31. The molecule has 2 rings (SSSR count). The topological polar surface area (TPSA) is 52.3 Å². The predicted octanol–water partition coefficient (Wildman–Crippen LogP) is 1.60. The third kappa shape index (κ3) is 1.73. The van der Waals surface area contributed by atoms with Crippen molar-refractivity contribution in [1.82, 2.24) is 0 Å². The summed E-state index contributed by atoms with van der Waals surface area (Å²) in [4.78, 5) is 13.4. The van der Waals surface area contributed by atoms with Gasteiger partial charge in [0.15, 0.2) is 5.78 Å². The first-order chi connectivity index (χ1) is 7.04. The molecule has 0 bridgehead atoms. The smallest absolute Gasteiger partial charge is 0.173 e. The number of nitrogens with two attached hydrogens (primary N) is 1. The molecule has 82 valence electrons. The molecule has 15 heavy (non-hydrogen) atoms. The Morgan fingerprint density at radius 3 is 2.93 bits per heavy atom. The maximum Gasteiger partial charge on any atom is 0.173 e. The van der Waals surface area contributed by atoms with Crippen LogP contribution in [0.3, 0.4) is 0 Å². The molecule has 1 aliphatic heterocycles. The minimum Gasteiger partial charge on any atom is -0.379 e. The third-order valence-corrected chi connectivity index (χ3v) is 3.89. The van der Waals surface area contributed by atoms with Gasteiger partial charge in [-0.15, -0.1) is 11.3 Å². The van der Waals surface area contributed by atoms with Crippen molar-refractivity contribution < 1.29 is 9.53 Å². The molecule has 1 fully saturated rings. The highest BCUT2D eigenvalue weighted by molar-refractivity contribution is 7.10. The van der Waals surface area contributed by atoms with Gasteiger partial charge in [-0.2, -0.15) is 0 Å². The molecular formula is C11H15NO2S. The number of ketones is 1. The van der Waals surface area contributed by atoms with Crippen molar-refractivity contribution in [3.05, 3.63) is 21.9 Å². The van der Waals surface area contributed by atoms with E-state index in [0.717, 1.165) is 10.4 Å². The first-order valence-electron chi connectivity index (χ1n) is 4.97. The quantitative estimate of drug-likeness (QED) is 0.778. The number of Topliss-reactive ketones (excluding diaryl/α,β-unsaturated/α-hetero) is 1. The van der Waals surface area contributed by atoms with Gasteiger partial charge in [-0.3, -0.25) is 4.79 Å². The fraction of sp³-hybridized carbons (Fsp3) is 0.545. The molecule has 4 heteroatoms. The van der Waals surface area contributed by atoms with Crippen LogP contribution in [0.5, 0.6) is 0 Å². The van der Waals surface area contributed by atoms with Gasteiger partial charge in [0.2, 0.25) is 0 Å². The van der Waals surface area contributed by atoms with Crippen LogP contribution < -0.4 is 5.73 Å². The van der Waals surface area contributed by atoms with E-state index < -0.39 is 5.41 Å². The minimum atomic E-state index is -0.548. The van der Waals surface area contributed by atoms with E-state index in [4.69, 9.17) is 10.5 Å². The molecular weight excluding hydrogens is 210 g/mol. The van der Waals surface area contributed by atoms with Gasteiger partial charge < -0.3 is 10.5 Å². The van der Waals surface area contributed by atoms with Crippen LogP contribution in [0.2, 0.25) is 0 Å². The summed E-state index contributed by atoms with van der Waals surface area (Å²) >= 11 is 1.59. The molecule has 3 nitrogen and oxygen atoms in total. The van der Waals surface area contributed by atoms with E-state index in [-0.39, 0.29) is 11.8 Å². The molecule has 0 radical (unpaired) electrons. The fourth-order valence-corrected chi connectivity index (χ4v) is 2.50. The Morgan fingerprint density at radius 2 is 2.47 bits per heavy atom. The highest BCUT2D eigenvalue weighted by atomic mass is 32.1. The van der Waals surface area contributed by atoms with Crippen molar-refractivity contribution in [2.24, 2.45) is 11.1 Å². The van der Waals surface area contributed by atoms with Gasteiger partial charge in [-0.25, -0.2) is 0 Å². The number of hydrogen-bond acceptors (Lipinski definition) is 4. The van der Waals surface area contributed by atoms with Crippen LogP contribution in [0.15, 0.2) is 11.4 Å². The SMILES string of the molecule is Cc1cc(C(=O)C2(C)COCC2N)cs1. The van der Waals surface area contributed by atoms with Crippen molar-refractivity contribution >= 4 is 17.1 Å². The van der Waals surface area contributed by atoms with Crippen LogP contribution >= 0.6 is 11.3 Å². The molecule has 0 aromatic carbocycles. The van der Waals surface area contributed by atoms with Gasteiger partial charge >= 0.3 is 0 Å². The summed E-state index contributed by atoms with van der Waals surface area (Å²) in [5, 5.41) is 1.90. The van der Waals surface area contributed by atoms with Crippen LogP contribution in [0.1, 0.15) is 22.2 Å². The van der Waals surface area contributed by atoms with Crippen molar-refractivity contribution in [3.8, 4) is 0 Å². The molecule has 0 saturated carbocycles. The summed E-state index contributed by atoms with van der Waals surface area (Å²) in [6.45, 7) is 4.79. The highest BCUT2D eigenvalue weighted by Gasteiger charge is 2.44. The molecule has 2 heterocycles. The van der Waals surface area contributed by atoms with Crippen LogP contribution in [-0.4, -0.2) is 25.0 Å². The van der Waals surface area contributed by atoms with Gasteiger partial charge in [0, 0.05) is 21.9 Å². The lowest BCUT2D eigenvalue weighted by molar-refractivity contribution is 0.0768. The summed E-state index contributed by atoms with van der Waals surface area (Å²) in [6.07, 6.45) is 0. The van der Waals surface area contributed by atoms with E-state index in [0.29, 0.717) is 13.2 Å². The van der Waals surface area contributed by atoms with Gasteiger partial charge in [0.1, 0.15) is 0 Å². The molecule has 1 aromatic rings. The van der Waals surface area contributed by atoms with E-state index >= 15 is 0 Å². The van der Waals surface area contributed by atoms with Gasteiger partial charge in [0.05, 0.1) is 18.6 Å². The first-order valence-corrected chi connectivity index (χ1v) is 5.85. The Hall–Kier alpha value is -0.710. The van der Waals surface area contributed by atoms with Gasteiger partial charge in [0.25, 0.3) is 0 Å². The molecule has 1 saturated heterocycles. The van der Waals surface area contributed by atoms with E-state index in [1.807, 2.05) is 25.3 Å². The first kappa shape index (κ1) is 10.8. The van der Waals surface area contributed by atoms with E-state index in [1.165, 1.54) is 0 Å². The van der Waals surface area contributed by atoms with Crippen LogP contribution in [0.4, 0.5) is 0 Å². The maximum absolute atomic E-state index is 12.2. The molecule has 2 atom stereocenters. The Balaban J connectivity index is 2.28. The molecule has 0 spiro atoms. The van der Waals surface area contributed by atoms with Crippen molar-refractivity contribution in [3.63, 3.8) is 0 Å². The van der Waals surface area contributed by atoms with Gasteiger partial charge in [-0.1, -0.05) is 0 Å². The van der Waals surface area contributed by atoms with Crippen LogP contribution in [0.25, 0.3) is 0 Å². The number of thiophene rings is 1. The second kappa shape index (κ2) is 3.70. The number of rotatable bonds is 2. The standard InChI is InChI=1S/C11H15NO2S/c1-7-3-8(5-15-7)10(13)11(2)6-14-4-9(11)12/h3,5,9H,4,6,12H2,1-2H3. The predicted molar refractivity (Wildman–Crippen MR) is 60.3 cm³/mol. The summed E-state index contributed by atoms with van der Waals surface area (Å²) in [5.74, 6) is 0.108. The Labute approximate surface area is 93.2 Å². The Kier molecular flexibility index (Phi) is 2.66. The Bertz CT molecular complexity index is 388. The van der Waals surface area contributed by atoms with Crippen molar-refractivity contribution in [2.45, 2.75) is 19.9 Å². The van der Waals surface area contributed by atoms with E-state index in [1.54, 1.807) is 11.3 Å². The molecule has 0 aliphatic carbocycles. The molecule has 0 amide bonds. The van der Waals surface area contributed by atoms with Crippen LogP contribution in [-0.2, 0) is 4.74 Å². The molecule has 2 N–H and O–H groups in total.